The van der Waals surface area contributed by atoms with E-state index >= 15 is 0 Å². The Morgan fingerprint density at radius 2 is 1.88 bits per heavy atom. The largest absolute Gasteiger partial charge is 0.495 e. The Hall–Kier alpha value is -3.92. The minimum absolute atomic E-state index is 0.0129. The van der Waals surface area contributed by atoms with Crippen LogP contribution in [0, 0.1) is 13.8 Å². The highest BCUT2D eigenvalue weighted by atomic mass is 32.2. The third-order valence-corrected chi connectivity index (χ3v) is 7.12. The summed E-state index contributed by atoms with van der Waals surface area (Å²) in [6, 6.07) is 13.5. The van der Waals surface area contributed by atoms with Crippen molar-refractivity contribution in [2.24, 2.45) is 0 Å². The van der Waals surface area contributed by atoms with Crippen LogP contribution >= 0.6 is 0 Å². The summed E-state index contributed by atoms with van der Waals surface area (Å²) in [6.07, 6.45) is 1.29. The molecule has 0 spiro atoms. The molecule has 4 rings (SSSR count). The lowest BCUT2D eigenvalue weighted by molar-refractivity contribution is -0.115. The molecule has 0 unspecified atom stereocenters. The number of hydrogen-bond donors (Lipinski definition) is 1. The Bertz CT molecular complexity index is 1420. The first-order valence-electron chi connectivity index (χ1n) is 10.4. The Balaban J connectivity index is 1.50. The van der Waals surface area contributed by atoms with Gasteiger partial charge in [-0.1, -0.05) is 22.4 Å². The van der Waals surface area contributed by atoms with E-state index in [1.54, 1.807) is 36.4 Å². The Labute approximate surface area is 196 Å². The zero-order chi connectivity index (χ0) is 24.3. The molecule has 2 aromatic heterocycles. The molecule has 176 valence electrons. The quantitative estimate of drug-likeness (QED) is 0.392. The molecule has 0 bridgehead atoms. The zero-order valence-corrected chi connectivity index (χ0v) is 19.7. The monoisotopic (exact) mass is 481 g/mol. The maximum absolute atomic E-state index is 13.1. The van der Waals surface area contributed by atoms with Crippen LogP contribution in [0.25, 0.3) is 22.6 Å². The average molecular weight is 482 g/mol. The van der Waals surface area contributed by atoms with E-state index in [4.69, 9.17) is 13.8 Å². The summed E-state index contributed by atoms with van der Waals surface area (Å²) in [6.45, 7) is 3.66. The molecule has 0 saturated heterocycles. The highest BCUT2D eigenvalue weighted by molar-refractivity contribution is 7.91. The Morgan fingerprint density at radius 3 is 2.56 bits per heavy atom. The van der Waals surface area contributed by atoms with Gasteiger partial charge in [-0.05, 0) is 44.2 Å². The molecule has 2 aromatic carbocycles. The predicted octanol–water partition coefficient (Wildman–Crippen LogP) is 4.42. The van der Waals surface area contributed by atoms with Gasteiger partial charge in [0.15, 0.2) is 21.4 Å². The fourth-order valence-corrected chi connectivity index (χ4v) is 4.86. The molecule has 0 fully saturated rings. The summed E-state index contributed by atoms with van der Waals surface area (Å²) < 4.78 is 42.0. The molecule has 1 N–H and O–H groups in total. The Kier molecular flexibility index (Phi) is 6.51. The molecule has 0 aliphatic carbocycles. The van der Waals surface area contributed by atoms with Gasteiger partial charge in [-0.2, -0.15) is 0 Å². The van der Waals surface area contributed by atoms with E-state index < -0.39 is 21.5 Å². The standard InChI is InChI=1S/C24H23N3O6S/c1-15-16(2)27-33-24(15)18-7-8-21(31-3)22(14-18)34(29,30)12-10-23(28)26-19-6-4-5-17(13-19)20-9-11-25-32-20/h4-9,11,13-14H,10,12H2,1-3H3,(H,26,28). The van der Waals surface area contributed by atoms with Crippen LogP contribution in [0.2, 0.25) is 0 Å². The third-order valence-electron chi connectivity index (χ3n) is 5.38. The molecular formula is C24H23N3O6S. The molecule has 1 amide bonds. The number of nitrogens with one attached hydrogen (secondary N) is 1. The summed E-state index contributed by atoms with van der Waals surface area (Å²) in [5, 5.41) is 10.3. The normalized spacial score (nSPS) is 11.4. The average Bonchev–Trinajstić information content (AvgIpc) is 3.48. The number of sulfone groups is 1. The predicted molar refractivity (Wildman–Crippen MR) is 125 cm³/mol. The van der Waals surface area contributed by atoms with Crippen molar-refractivity contribution < 1.29 is 27.0 Å². The van der Waals surface area contributed by atoms with Crippen LogP contribution in [0.5, 0.6) is 5.75 Å². The summed E-state index contributed by atoms with van der Waals surface area (Å²) in [5.41, 5.74) is 3.36. The van der Waals surface area contributed by atoms with E-state index in [9.17, 15) is 13.2 Å². The lowest BCUT2D eigenvalue weighted by Gasteiger charge is -2.11. The van der Waals surface area contributed by atoms with Crippen LogP contribution in [-0.2, 0) is 14.6 Å². The number of carbonyl (C=O) groups is 1. The second-order valence-electron chi connectivity index (χ2n) is 7.66. The zero-order valence-electron chi connectivity index (χ0n) is 18.9. The second kappa shape index (κ2) is 9.52. The van der Waals surface area contributed by atoms with Crippen LogP contribution in [0.1, 0.15) is 17.7 Å². The van der Waals surface area contributed by atoms with E-state index in [1.807, 2.05) is 19.9 Å². The van der Waals surface area contributed by atoms with Crippen molar-refractivity contribution in [3.8, 4) is 28.4 Å². The molecule has 4 aromatic rings. The van der Waals surface area contributed by atoms with Gasteiger partial charge in [0.25, 0.3) is 0 Å². The van der Waals surface area contributed by atoms with E-state index in [0.717, 1.165) is 16.8 Å². The number of methoxy groups -OCH3 is 1. The molecule has 0 saturated carbocycles. The molecular weight excluding hydrogens is 458 g/mol. The van der Waals surface area contributed by atoms with Gasteiger partial charge >= 0.3 is 0 Å². The molecule has 0 aliphatic heterocycles. The first kappa shape index (κ1) is 23.2. The number of rotatable bonds is 8. The van der Waals surface area contributed by atoms with Gasteiger partial charge < -0.3 is 19.1 Å². The lowest BCUT2D eigenvalue weighted by Crippen LogP contribution is -2.18. The number of ether oxygens (including phenoxy) is 1. The summed E-state index contributed by atoms with van der Waals surface area (Å²) in [7, 11) is -2.45. The van der Waals surface area contributed by atoms with E-state index in [1.165, 1.54) is 19.4 Å². The number of aromatic nitrogens is 2. The molecule has 0 aliphatic rings. The van der Waals surface area contributed by atoms with Crippen molar-refractivity contribution in [3.05, 3.63) is 66.0 Å². The van der Waals surface area contributed by atoms with Gasteiger partial charge in [-0.3, -0.25) is 4.79 Å². The highest BCUT2D eigenvalue weighted by Gasteiger charge is 2.23. The maximum Gasteiger partial charge on any atom is 0.225 e. The van der Waals surface area contributed by atoms with Gasteiger partial charge in [-0.15, -0.1) is 0 Å². The molecule has 0 radical (unpaired) electrons. The van der Waals surface area contributed by atoms with Crippen LogP contribution in [-0.4, -0.2) is 37.5 Å². The summed E-state index contributed by atoms with van der Waals surface area (Å²) >= 11 is 0. The molecule has 34 heavy (non-hydrogen) atoms. The Morgan fingerprint density at radius 1 is 1.06 bits per heavy atom. The van der Waals surface area contributed by atoms with E-state index in [2.05, 4.69) is 15.6 Å². The fraction of sp³-hybridized carbons (Fsp3) is 0.208. The van der Waals surface area contributed by atoms with Crippen LogP contribution in [0.3, 0.4) is 0 Å². The van der Waals surface area contributed by atoms with Crippen LogP contribution in [0.4, 0.5) is 5.69 Å². The van der Waals surface area contributed by atoms with E-state index in [-0.39, 0.29) is 17.1 Å². The third kappa shape index (κ3) is 4.86. The maximum atomic E-state index is 13.1. The van der Waals surface area contributed by atoms with Crippen LogP contribution in [0.15, 0.2) is 68.7 Å². The van der Waals surface area contributed by atoms with Crippen molar-refractivity contribution in [2.75, 3.05) is 18.2 Å². The molecule has 10 heteroatoms. The second-order valence-corrected chi connectivity index (χ2v) is 9.74. The van der Waals surface area contributed by atoms with Gasteiger partial charge in [0.05, 0.1) is 24.8 Å². The highest BCUT2D eigenvalue weighted by Crippen LogP contribution is 2.33. The van der Waals surface area contributed by atoms with Crippen molar-refractivity contribution in [1.82, 2.24) is 10.3 Å². The summed E-state index contributed by atoms with van der Waals surface area (Å²) in [4.78, 5) is 12.5. The van der Waals surface area contributed by atoms with Gasteiger partial charge in [0.1, 0.15) is 10.6 Å². The topological polar surface area (TPSA) is 125 Å². The van der Waals surface area contributed by atoms with Gasteiger partial charge in [-0.25, -0.2) is 8.42 Å². The van der Waals surface area contributed by atoms with Crippen molar-refractivity contribution in [3.63, 3.8) is 0 Å². The van der Waals surface area contributed by atoms with Crippen LogP contribution < -0.4 is 10.1 Å². The van der Waals surface area contributed by atoms with Crippen molar-refractivity contribution >= 4 is 21.4 Å². The van der Waals surface area contributed by atoms with Gasteiger partial charge in [0, 0.05) is 34.9 Å². The number of aryl methyl sites for hydroxylation is 1. The number of hydrogen-bond acceptors (Lipinski definition) is 8. The summed E-state index contributed by atoms with van der Waals surface area (Å²) in [5.74, 6) is 0.409. The number of anilines is 1. The minimum Gasteiger partial charge on any atom is -0.495 e. The first-order valence-corrected chi connectivity index (χ1v) is 12.1. The lowest BCUT2D eigenvalue weighted by atomic mass is 10.1. The van der Waals surface area contributed by atoms with Crippen molar-refractivity contribution in [2.45, 2.75) is 25.2 Å². The van der Waals surface area contributed by atoms with E-state index in [0.29, 0.717) is 22.8 Å². The number of nitrogens with zero attached hydrogens (tertiary/aromatic N) is 2. The fourth-order valence-electron chi connectivity index (χ4n) is 3.42. The smallest absolute Gasteiger partial charge is 0.225 e. The first-order chi connectivity index (χ1) is 16.3. The minimum atomic E-state index is -3.84. The molecule has 2 heterocycles. The molecule has 0 atom stereocenters. The number of benzene rings is 2. The number of carbonyl (C=O) groups excluding carboxylic acids is 1. The van der Waals surface area contributed by atoms with Crippen molar-refractivity contribution in [1.29, 1.82) is 0 Å². The SMILES string of the molecule is COc1ccc(-c2onc(C)c2C)cc1S(=O)(=O)CCC(=O)Nc1cccc(-c2ccno2)c1. The number of amides is 1. The van der Waals surface area contributed by atoms with Gasteiger partial charge in [0.2, 0.25) is 5.91 Å². The molecule has 9 nitrogen and oxygen atoms in total.